The molecular weight excluding hydrogens is 202 g/mol. The molecule has 0 bridgehead atoms. The van der Waals surface area contributed by atoms with E-state index >= 15 is 0 Å². The van der Waals surface area contributed by atoms with Gasteiger partial charge in [-0.1, -0.05) is 33.1 Å². The Labute approximate surface area is 98.7 Å². The molecule has 0 amide bonds. The first-order valence-electron chi connectivity index (χ1n) is 6.50. The fourth-order valence-electron chi connectivity index (χ4n) is 2.05. The Bertz CT molecular complexity index is 210. The van der Waals surface area contributed by atoms with Crippen LogP contribution in [0.25, 0.3) is 0 Å². The first-order chi connectivity index (χ1) is 7.59. The highest BCUT2D eigenvalue weighted by Crippen LogP contribution is 2.23. The Kier molecular flexibility index (Phi) is 5.81. The second-order valence-corrected chi connectivity index (χ2v) is 5.30. The highest BCUT2D eigenvalue weighted by atomic mass is 16.5. The first-order valence-corrected chi connectivity index (χ1v) is 6.50. The molecule has 16 heavy (non-hydrogen) atoms. The van der Waals surface area contributed by atoms with Gasteiger partial charge in [0, 0.05) is 6.04 Å². The topological polar surface area (TPSA) is 52.3 Å². The zero-order valence-corrected chi connectivity index (χ0v) is 10.6. The Balaban J connectivity index is 2.14. The highest BCUT2D eigenvalue weighted by molar-refractivity contribution is 5.70. The van der Waals surface area contributed by atoms with E-state index in [0.29, 0.717) is 24.9 Å². The van der Waals surface area contributed by atoms with Gasteiger partial charge in [-0.2, -0.15) is 0 Å². The summed E-state index contributed by atoms with van der Waals surface area (Å²) in [6.45, 7) is 4.65. The molecule has 1 unspecified atom stereocenters. The number of hydrogen-bond donors (Lipinski definition) is 1. The van der Waals surface area contributed by atoms with Gasteiger partial charge in [0.15, 0.2) is 0 Å². The van der Waals surface area contributed by atoms with E-state index < -0.39 is 0 Å². The van der Waals surface area contributed by atoms with Crippen molar-refractivity contribution in [2.75, 3.05) is 6.61 Å². The molecule has 1 rings (SSSR count). The predicted octanol–water partition coefficient (Wildman–Crippen LogP) is 2.48. The van der Waals surface area contributed by atoms with Gasteiger partial charge < -0.3 is 10.5 Å². The van der Waals surface area contributed by atoms with Crippen LogP contribution >= 0.6 is 0 Å². The fourth-order valence-corrected chi connectivity index (χ4v) is 2.05. The summed E-state index contributed by atoms with van der Waals surface area (Å²) >= 11 is 0. The Morgan fingerprint density at radius 3 is 2.50 bits per heavy atom. The van der Waals surface area contributed by atoms with Gasteiger partial charge in [-0.05, 0) is 24.7 Å². The standard InChI is InChI=1S/C13H25NO2/c1-10(2)12(14)8-13(15)16-9-11-6-4-3-5-7-11/h10-12H,3-9,14H2,1-2H3. The third-order valence-electron chi connectivity index (χ3n) is 3.46. The summed E-state index contributed by atoms with van der Waals surface area (Å²) in [5.41, 5.74) is 5.83. The van der Waals surface area contributed by atoms with Crippen LogP contribution in [0.3, 0.4) is 0 Å². The molecule has 2 N–H and O–H groups in total. The molecule has 1 aliphatic carbocycles. The molecule has 0 radical (unpaired) electrons. The molecular formula is C13H25NO2. The van der Waals surface area contributed by atoms with E-state index in [-0.39, 0.29) is 12.0 Å². The van der Waals surface area contributed by atoms with E-state index in [2.05, 4.69) is 0 Å². The summed E-state index contributed by atoms with van der Waals surface area (Å²) in [7, 11) is 0. The van der Waals surface area contributed by atoms with Crippen molar-refractivity contribution < 1.29 is 9.53 Å². The molecule has 1 aliphatic rings. The van der Waals surface area contributed by atoms with Crippen LogP contribution in [-0.4, -0.2) is 18.6 Å². The van der Waals surface area contributed by atoms with Crippen LogP contribution in [0, 0.1) is 11.8 Å². The Morgan fingerprint density at radius 2 is 1.94 bits per heavy atom. The van der Waals surface area contributed by atoms with Crippen LogP contribution in [0.5, 0.6) is 0 Å². The normalized spacial score (nSPS) is 19.8. The third-order valence-corrected chi connectivity index (χ3v) is 3.46. The predicted molar refractivity (Wildman–Crippen MR) is 65.0 cm³/mol. The zero-order valence-electron chi connectivity index (χ0n) is 10.6. The van der Waals surface area contributed by atoms with E-state index in [1.807, 2.05) is 13.8 Å². The van der Waals surface area contributed by atoms with Crippen molar-refractivity contribution in [2.24, 2.45) is 17.6 Å². The Morgan fingerprint density at radius 1 is 1.31 bits per heavy atom. The molecule has 0 aromatic rings. The molecule has 0 heterocycles. The molecule has 0 saturated heterocycles. The van der Waals surface area contributed by atoms with Gasteiger partial charge >= 0.3 is 5.97 Å². The minimum atomic E-state index is -0.133. The van der Waals surface area contributed by atoms with Crippen molar-refractivity contribution >= 4 is 5.97 Å². The molecule has 0 aromatic carbocycles. The van der Waals surface area contributed by atoms with E-state index in [4.69, 9.17) is 10.5 Å². The summed E-state index contributed by atoms with van der Waals surface area (Å²) in [6.07, 6.45) is 6.68. The molecule has 0 aromatic heterocycles. The molecule has 94 valence electrons. The van der Waals surface area contributed by atoms with Crippen LogP contribution in [0.15, 0.2) is 0 Å². The number of rotatable bonds is 5. The lowest BCUT2D eigenvalue weighted by Gasteiger charge is -2.21. The second kappa shape index (κ2) is 6.89. The third kappa shape index (κ3) is 4.97. The average molecular weight is 227 g/mol. The summed E-state index contributed by atoms with van der Waals surface area (Å²) in [6, 6.07) is -0.0705. The maximum absolute atomic E-state index is 11.5. The monoisotopic (exact) mass is 227 g/mol. The van der Waals surface area contributed by atoms with E-state index in [1.165, 1.54) is 32.1 Å². The summed E-state index contributed by atoms with van der Waals surface area (Å²) < 4.78 is 5.28. The molecule has 1 fully saturated rings. The van der Waals surface area contributed by atoms with Gasteiger partial charge in [0.2, 0.25) is 0 Å². The van der Waals surface area contributed by atoms with Crippen molar-refractivity contribution in [3.8, 4) is 0 Å². The minimum Gasteiger partial charge on any atom is -0.465 e. The number of ether oxygens (including phenoxy) is 1. The van der Waals surface area contributed by atoms with Crippen LogP contribution in [0.1, 0.15) is 52.4 Å². The van der Waals surface area contributed by atoms with E-state index in [0.717, 1.165) is 0 Å². The van der Waals surface area contributed by atoms with Gasteiger partial charge in [-0.25, -0.2) is 0 Å². The van der Waals surface area contributed by atoms with Crippen molar-refractivity contribution in [1.29, 1.82) is 0 Å². The maximum Gasteiger partial charge on any atom is 0.307 e. The van der Waals surface area contributed by atoms with E-state index in [9.17, 15) is 4.79 Å². The van der Waals surface area contributed by atoms with Gasteiger partial charge in [0.1, 0.15) is 0 Å². The lowest BCUT2D eigenvalue weighted by molar-refractivity contribution is -0.146. The number of carbonyl (C=O) groups is 1. The van der Waals surface area contributed by atoms with Gasteiger partial charge in [0.05, 0.1) is 13.0 Å². The largest absolute Gasteiger partial charge is 0.465 e. The summed E-state index contributed by atoms with van der Waals surface area (Å²) in [5, 5.41) is 0. The van der Waals surface area contributed by atoms with Crippen LogP contribution < -0.4 is 5.73 Å². The number of carbonyl (C=O) groups excluding carboxylic acids is 1. The van der Waals surface area contributed by atoms with Gasteiger partial charge in [0.25, 0.3) is 0 Å². The number of nitrogens with two attached hydrogens (primary N) is 1. The van der Waals surface area contributed by atoms with Crippen molar-refractivity contribution in [3.05, 3.63) is 0 Å². The molecule has 1 atom stereocenters. The molecule has 3 heteroatoms. The fraction of sp³-hybridized carbons (Fsp3) is 0.923. The second-order valence-electron chi connectivity index (χ2n) is 5.30. The van der Waals surface area contributed by atoms with Crippen LogP contribution in [0.2, 0.25) is 0 Å². The quantitative estimate of drug-likeness (QED) is 0.734. The van der Waals surface area contributed by atoms with E-state index in [1.54, 1.807) is 0 Å². The maximum atomic E-state index is 11.5. The lowest BCUT2D eigenvalue weighted by atomic mass is 9.90. The van der Waals surface area contributed by atoms with Crippen LogP contribution in [-0.2, 0) is 9.53 Å². The van der Waals surface area contributed by atoms with Crippen LogP contribution in [0.4, 0.5) is 0 Å². The van der Waals surface area contributed by atoms with Crippen molar-refractivity contribution in [3.63, 3.8) is 0 Å². The Hall–Kier alpha value is -0.570. The SMILES string of the molecule is CC(C)C(N)CC(=O)OCC1CCCCC1. The molecule has 3 nitrogen and oxygen atoms in total. The lowest BCUT2D eigenvalue weighted by Crippen LogP contribution is -2.30. The molecule has 0 spiro atoms. The zero-order chi connectivity index (χ0) is 12.0. The summed E-state index contributed by atoms with van der Waals surface area (Å²) in [4.78, 5) is 11.5. The first kappa shape index (κ1) is 13.5. The van der Waals surface area contributed by atoms with Crippen molar-refractivity contribution in [1.82, 2.24) is 0 Å². The van der Waals surface area contributed by atoms with Crippen molar-refractivity contribution in [2.45, 2.75) is 58.4 Å². The highest BCUT2D eigenvalue weighted by Gasteiger charge is 2.17. The van der Waals surface area contributed by atoms with Gasteiger partial charge in [-0.3, -0.25) is 4.79 Å². The van der Waals surface area contributed by atoms with Gasteiger partial charge in [-0.15, -0.1) is 0 Å². The molecule has 0 aliphatic heterocycles. The smallest absolute Gasteiger partial charge is 0.307 e. The molecule has 1 saturated carbocycles. The number of esters is 1. The number of hydrogen-bond acceptors (Lipinski definition) is 3. The summed E-state index contributed by atoms with van der Waals surface area (Å²) in [5.74, 6) is 0.793. The average Bonchev–Trinajstić information content (AvgIpc) is 2.27. The minimum absolute atomic E-state index is 0.0705.